The summed E-state index contributed by atoms with van der Waals surface area (Å²) in [6, 6.07) is 11.4. The first-order valence-corrected chi connectivity index (χ1v) is 9.15. The minimum absolute atomic E-state index is 0.110. The molecule has 7 nitrogen and oxygen atoms in total. The number of fused-ring (bicyclic) bond motifs is 1. The van der Waals surface area contributed by atoms with Gasteiger partial charge >= 0.3 is 0 Å². The topological polar surface area (TPSA) is 80.2 Å². The highest BCUT2D eigenvalue weighted by molar-refractivity contribution is 6.40. The first kappa shape index (κ1) is 18.0. The summed E-state index contributed by atoms with van der Waals surface area (Å²) >= 11 is 0. The minimum Gasteiger partial charge on any atom is -0.454 e. The third-order valence-electron chi connectivity index (χ3n) is 4.78. The fraction of sp³-hybridized carbons (Fsp3) is 0.286. The van der Waals surface area contributed by atoms with Crippen molar-refractivity contribution < 1.29 is 19.1 Å². The number of hydrazone groups is 1. The van der Waals surface area contributed by atoms with Crippen LogP contribution >= 0.6 is 0 Å². The Morgan fingerprint density at radius 3 is 2.79 bits per heavy atom. The summed E-state index contributed by atoms with van der Waals surface area (Å²) in [7, 11) is 0. The molecule has 0 saturated heterocycles. The van der Waals surface area contributed by atoms with Gasteiger partial charge in [-0.25, -0.2) is 5.01 Å². The number of nitrogens with zero attached hydrogens (tertiary/aromatic N) is 2. The molecule has 1 N–H and O–H groups in total. The Morgan fingerprint density at radius 2 is 1.93 bits per heavy atom. The number of ether oxygens (including phenoxy) is 2. The molecule has 2 aromatic rings. The van der Waals surface area contributed by atoms with Gasteiger partial charge in [0.1, 0.15) is 5.71 Å². The van der Waals surface area contributed by atoms with E-state index in [0.717, 1.165) is 16.7 Å². The Balaban J connectivity index is 1.49. The molecule has 28 heavy (non-hydrogen) atoms. The lowest BCUT2D eigenvalue weighted by atomic mass is 10.1. The SMILES string of the molecule is Cc1ccc(C)c(N2N=C(C(=O)NCc3ccc4c(c3)OCO4)CCC2=O)c1. The van der Waals surface area contributed by atoms with Crippen LogP contribution in [0.25, 0.3) is 0 Å². The lowest BCUT2D eigenvalue weighted by molar-refractivity contribution is -0.119. The van der Waals surface area contributed by atoms with Gasteiger partial charge in [-0.1, -0.05) is 18.2 Å². The van der Waals surface area contributed by atoms with Crippen LogP contribution in [0.2, 0.25) is 0 Å². The highest BCUT2D eigenvalue weighted by Crippen LogP contribution is 2.32. The number of hydrogen-bond acceptors (Lipinski definition) is 5. The molecule has 0 aliphatic carbocycles. The van der Waals surface area contributed by atoms with E-state index in [-0.39, 0.29) is 25.0 Å². The van der Waals surface area contributed by atoms with Gasteiger partial charge in [0.25, 0.3) is 5.91 Å². The zero-order chi connectivity index (χ0) is 19.7. The number of carbonyl (C=O) groups is 2. The van der Waals surface area contributed by atoms with Crippen molar-refractivity contribution in [2.24, 2.45) is 5.10 Å². The summed E-state index contributed by atoms with van der Waals surface area (Å²) in [6.07, 6.45) is 0.580. The molecule has 144 valence electrons. The van der Waals surface area contributed by atoms with Crippen LogP contribution in [0.5, 0.6) is 11.5 Å². The Hall–Kier alpha value is -3.35. The molecule has 0 aromatic heterocycles. The van der Waals surface area contributed by atoms with Crippen molar-refractivity contribution in [2.45, 2.75) is 33.2 Å². The number of aryl methyl sites for hydroxylation is 2. The van der Waals surface area contributed by atoms with Crippen molar-refractivity contribution in [3.63, 3.8) is 0 Å². The lowest BCUT2D eigenvalue weighted by Crippen LogP contribution is -2.39. The average Bonchev–Trinajstić information content (AvgIpc) is 3.16. The Labute approximate surface area is 162 Å². The molecule has 0 saturated carbocycles. The largest absolute Gasteiger partial charge is 0.454 e. The summed E-state index contributed by atoms with van der Waals surface area (Å²) in [5.41, 5.74) is 3.93. The van der Waals surface area contributed by atoms with E-state index in [9.17, 15) is 9.59 Å². The van der Waals surface area contributed by atoms with Gasteiger partial charge < -0.3 is 14.8 Å². The maximum absolute atomic E-state index is 12.6. The van der Waals surface area contributed by atoms with E-state index < -0.39 is 0 Å². The molecule has 0 unspecified atom stereocenters. The molecule has 0 fully saturated rings. The normalized spacial score (nSPS) is 15.4. The van der Waals surface area contributed by atoms with E-state index in [2.05, 4.69) is 10.4 Å². The van der Waals surface area contributed by atoms with Gasteiger partial charge in [-0.15, -0.1) is 0 Å². The Bertz CT molecular complexity index is 984. The number of rotatable bonds is 4. The van der Waals surface area contributed by atoms with Gasteiger partial charge in [-0.2, -0.15) is 5.10 Å². The number of carbonyl (C=O) groups excluding carboxylic acids is 2. The smallest absolute Gasteiger partial charge is 0.267 e. The van der Waals surface area contributed by atoms with Crippen LogP contribution in [0.3, 0.4) is 0 Å². The molecular formula is C21H21N3O4. The fourth-order valence-corrected chi connectivity index (χ4v) is 3.19. The van der Waals surface area contributed by atoms with Crippen LogP contribution in [0, 0.1) is 13.8 Å². The highest BCUT2D eigenvalue weighted by Gasteiger charge is 2.26. The molecule has 2 aliphatic rings. The van der Waals surface area contributed by atoms with Crippen LogP contribution in [0.15, 0.2) is 41.5 Å². The Morgan fingerprint density at radius 1 is 1.11 bits per heavy atom. The standard InChI is InChI=1S/C21H21N3O4/c1-13-3-4-14(2)17(9-13)24-20(25)8-6-16(23-24)21(26)22-11-15-5-7-18-19(10-15)28-12-27-18/h3-5,7,9-10H,6,8,11-12H2,1-2H3,(H,22,26). The summed E-state index contributed by atoms with van der Waals surface area (Å²) in [5.74, 6) is 0.990. The van der Waals surface area contributed by atoms with Crippen molar-refractivity contribution >= 4 is 23.2 Å². The van der Waals surface area contributed by atoms with Gasteiger partial charge in [-0.3, -0.25) is 9.59 Å². The third-order valence-corrected chi connectivity index (χ3v) is 4.78. The van der Waals surface area contributed by atoms with Gasteiger partial charge in [-0.05, 0) is 48.7 Å². The number of benzene rings is 2. The Kier molecular flexibility index (Phi) is 4.73. The van der Waals surface area contributed by atoms with E-state index in [1.807, 2.05) is 50.2 Å². The summed E-state index contributed by atoms with van der Waals surface area (Å²) in [4.78, 5) is 25.0. The minimum atomic E-state index is -0.277. The number of amides is 2. The van der Waals surface area contributed by atoms with Crippen molar-refractivity contribution in [3.05, 3.63) is 53.1 Å². The molecule has 0 radical (unpaired) electrons. The third kappa shape index (κ3) is 3.55. The zero-order valence-corrected chi connectivity index (χ0v) is 15.8. The zero-order valence-electron chi connectivity index (χ0n) is 15.8. The maximum Gasteiger partial charge on any atom is 0.267 e. The molecule has 2 aliphatic heterocycles. The van der Waals surface area contributed by atoms with Crippen LogP contribution in [0.4, 0.5) is 5.69 Å². The van der Waals surface area contributed by atoms with E-state index in [1.54, 1.807) is 0 Å². The molecule has 2 aromatic carbocycles. The van der Waals surface area contributed by atoms with Gasteiger partial charge in [0.15, 0.2) is 11.5 Å². The van der Waals surface area contributed by atoms with E-state index in [0.29, 0.717) is 35.9 Å². The maximum atomic E-state index is 12.6. The summed E-state index contributed by atoms with van der Waals surface area (Å²) in [5, 5.41) is 8.57. The van der Waals surface area contributed by atoms with Crippen LogP contribution in [-0.4, -0.2) is 24.3 Å². The van der Waals surface area contributed by atoms with Crippen LogP contribution < -0.4 is 19.8 Å². The fourth-order valence-electron chi connectivity index (χ4n) is 3.19. The molecule has 2 amide bonds. The number of hydrogen-bond donors (Lipinski definition) is 1. The molecular weight excluding hydrogens is 358 g/mol. The van der Waals surface area contributed by atoms with E-state index in [1.165, 1.54) is 5.01 Å². The average molecular weight is 379 g/mol. The second-order valence-corrected chi connectivity index (χ2v) is 6.91. The first-order chi connectivity index (χ1) is 13.5. The predicted octanol–water partition coefficient (Wildman–Crippen LogP) is 2.83. The first-order valence-electron chi connectivity index (χ1n) is 9.15. The second-order valence-electron chi connectivity index (χ2n) is 6.91. The second kappa shape index (κ2) is 7.34. The molecule has 0 atom stereocenters. The molecule has 4 rings (SSSR count). The number of nitrogens with one attached hydrogen (secondary N) is 1. The molecule has 7 heteroatoms. The van der Waals surface area contributed by atoms with Gasteiger partial charge in [0, 0.05) is 19.4 Å². The van der Waals surface area contributed by atoms with Crippen molar-refractivity contribution in [1.82, 2.24) is 5.32 Å². The van der Waals surface area contributed by atoms with Crippen LogP contribution in [0.1, 0.15) is 29.5 Å². The van der Waals surface area contributed by atoms with Gasteiger partial charge in [0.2, 0.25) is 12.7 Å². The molecule has 2 heterocycles. The quantitative estimate of drug-likeness (QED) is 0.886. The van der Waals surface area contributed by atoms with Crippen molar-refractivity contribution in [1.29, 1.82) is 0 Å². The predicted molar refractivity (Wildman–Crippen MR) is 104 cm³/mol. The van der Waals surface area contributed by atoms with E-state index >= 15 is 0 Å². The summed E-state index contributed by atoms with van der Waals surface area (Å²) < 4.78 is 10.6. The highest BCUT2D eigenvalue weighted by atomic mass is 16.7. The van der Waals surface area contributed by atoms with Crippen LogP contribution in [-0.2, 0) is 16.1 Å². The monoisotopic (exact) mass is 379 g/mol. The van der Waals surface area contributed by atoms with Crippen molar-refractivity contribution in [3.8, 4) is 11.5 Å². The summed E-state index contributed by atoms with van der Waals surface area (Å²) in [6.45, 7) is 4.43. The molecule has 0 bridgehead atoms. The number of anilines is 1. The molecule has 0 spiro atoms. The van der Waals surface area contributed by atoms with Gasteiger partial charge in [0.05, 0.1) is 5.69 Å². The van der Waals surface area contributed by atoms with E-state index in [4.69, 9.17) is 9.47 Å². The lowest BCUT2D eigenvalue weighted by Gasteiger charge is -2.24. The van der Waals surface area contributed by atoms with Crippen molar-refractivity contribution in [2.75, 3.05) is 11.8 Å².